The second-order valence-electron chi connectivity index (χ2n) is 10.7. The van der Waals surface area contributed by atoms with E-state index in [0.717, 1.165) is 35.5 Å². The van der Waals surface area contributed by atoms with Gasteiger partial charge in [-0.1, -0.05) is 117 Å². The maximum absolute atomic E-state index is 5.55. The minimum atomic E-state index is -0.556. The van der Waals surface area contributed by atoms with Gasteiger partial charge in [0.05, 0.1) is 0 Å². The third-order valence-electron chi connectivity index (χ3n) is 8.34. The van der Waals surface area contributed by atoms with Crippen LogP contribution in [0.25, 0.3) is 10.6 Å². The fraction of sp³-hybridized carbons (Fsp3) is 1.00. The first-order valence-corrected chi connectivity index (χ1v) is 16.4. The molecular formula is C24H44Cl2N2Ti-2. The van der Waals surface area contributed by atoms with E-state index in [4.69, 9.17) is 29.2 Å². The standard InChI is InChI=1S/C24H44N2.2ClH.Ti/c1-15-9-7-10-16(2)23(15)25-21-13-19(5)20(6)14-22(21)26-24-17(3)11-8-12-18(24)4;;;/h15-24H,7-14H2,1-6H3;2*1H;/q-2;;;+2/p-2. The van der Waals surface area contributed by atoms with Crippen LogP contribution in [0, 0.1) is 35.5 Å². The molecule has 0 amide bonds. The molecule has 5 heteroatoms. The van der Waals surface area contributed by atoms with Crippen LogP contribution in [0.3, 0.4) is 0 Å². The van der Waals surface area contributed by atoms with Gasteiger partial charge < -0.3 is 10.6 Å². The molecule has 29 heavy (non-hydrogen) atoms. The Balaban J connectivity index is 0.000000941. The molecule has 3 aliphatic rings. The molecule has 3 aliphatic carbocycles. The Morgan fingerprint density at radius 2 is 0.828 bits per heavy atom. The quantitative estimate of drug-likeness (QED) is 0.362. The minimum absolute atomic E-state index is 0.482. The van der Waals surface area contributed by atoms with Crippen molar-refractivity contribution >= 4 is 18.6 Å². The monoisotopic (exact) mass is 478 g/mol. The van der Waals surface area contributed by atoms with Crippen molar-refractivity contribution in [3.05, 3.63) is 10.6 Å². The fourth-order valence-corrected chi connectivity index (χ4v) is 6.22. The Morgan fingerprint density at radius 1 is 0.552 bits per heavy atom. The maximum atomic E-state index is 5.55. The molecule has 0 radical (unpaired) electrons. The summed E-state index contributed by atoms with van der Waals surface area (Å²) in [5.74, 6) is 4.66. The predicted octanol–water partition coefficient (Wildman–Crippen LogP) is 8.56. The summed E-state index contributed by atoms with van der Waals surface area (Å²) in [6.45, 7) is 14.7. The van der Waals surface area contributed by atoms with Crippen LogP contribution < -0.4 is 0 Å². The van der Waals surface area contributed by atoms with E-state index in [9.17, 15) is 0 Å². The van der Waals surface area contributed by atoms with Gasteiger partial charge in [-0.3, -0.25) is 0 Å². The van der Waals surface area contributed by atoms with Gasteiger partial charge in [0.2, 0.25) is 0 Å². The molecule has 3 rings (SSSR count). The molecule has 0 N–H and O–H groups in total. The zero-order chi connectivity index (χ0) is 21.6. The van der Waals surface area contributed by atoms with Gasteiger partial charge in [-0.15, -0.1) is 12.1 Å². The zero-order valence-electron chi connectivity index (χ0n) is 19.6. The molecule has 0 aromatic heterocycles. The van der Waals surface area contributed by atoms with E-state index in [0.29, 0.717) is 24.2 Å². The molecular weight excluding hydrogens is 435 g/mol. The number of rotatable bonds is 4. The summed E-state index contributed by atoms with van der Waals surface area (Å²) in [5, 5.41) is 11.1. The van der Waals surface area contributed by atoms with Crippen LogP contribution in [-0.4, -0.2) is 24.2 Å². The van der Waals surface area contributed by atoms with Gasteiger partial charge in [-0.2, -0.15) is 12.1 Å². The Hall–Kier alpha value is 1.21. The van der Waals surface area contributed by atoms with Crippen molar-refractivity contribution in [1.29, 1.82) is 0 Å². The number of nitrogens with zero attached hydrogens (tertiary/aromatic N) is 2. The van der Waals surface area contributed by atoms with Crippen LogP contribution in [0.1, 0.15) is 92.9 Å². The zero-order valence-corrected chi connectivity index (χ0v) is 22.7. The normalized spacial score (nSPS) is 45.8. The molecule has 3 fully saturated rings. The molecule has 0 heterocycles. The van der Waals surface area contributed by atoms with Crippen molar-refractivity contribution in [1.82, 2.24) is 0 Å². The molecule has 170 valence electrons. The molecule has 0 aromatic rings. The number of hydrogen-bond donors (Lipinski definition) is 0. The number of halogens is 2. The molecule has 0 spiro atoms. The first kappa shape index (κ1) is 26.5. The van der Waals surface area contributed by atoms with Crippen LogP contribution in [-0.2, 0) is 17.0 Å². The van der Waals surface area contributed by atoms with E-state index >= 15 is 0 Å². The van der Waals surface area contributed by atoms with Gasteiger partial charge in [0, 0.05) is 0 Å². The van der Waals surface area contributed by atoms with Crippen LogP contribution >= 0.6 is 18.6 Å². The summed E-state index contributed by atoms with van der Waals surface area (Å²) < 4.78 is 0. The van der Waals surface area contributed by atoms with Crippen molar-refractivity contribution in [2.75, 3.05) is 0 Å². The van der Waals surface area contributed by atoms with Crippen molar-refractivity contribution in [2.45, 2.75) is 117 Å². The van der Waals surface area contributed by atoms with Crippen molar-refractivity contribution in [3.8, 4) is 0 Å². The molecule has 8 atom stereocenters. The van der Waals surface area contributed by atoms with Gasteiger partial charge in [0.15, 0.2) is 0 Å². The number of hydrogen-bond acceptors (Lipinski definition) is 0. The predicted molar refractivity (Wildman–Crippen MR) is 125 cm³/mol. The van der Waals surface area contributed by atoms with Gasteiger partial charge in [0.25, 0.3) is 0 Å². The van der Waals surface area contributed by atoms with Gasteiger partial charge in [0.1, 0.15) is 0 Å². The topological polar surface area (TPSA) is 28.2 Å². The van der Waals surface area contributed by atoms with Crippen molar-refractivity contribution in [3.63, 3.8) is 0 Å². The Kier molecular flexibility index (Phi) is 11.9. The van der Waals surface area contributed by atoms with E-state index in [1.54, 1.807) is 0 Å². The molecule has 2 nitrogen and oxygen atoms in total. The van der Waals surface area contributed by atoms with E-state index in [-0.39, 0.29) is 0 Å². The van der Waals surface area contributed by atoms with Crippen LogP contribution in [0.5, 0.6) is 0 Å². The van der Waals surface area contributed by atoms with Gasteiger partial charge in [-0.05, 0) is 11.8 Å². The Bertz CT molecular complexity index is 406. The van der Waals surface area contributed by atoms with E-state index in [2.05, 4.69) is 41.5 Å². The van der Waals surface area contributed by atoms with Crippen LogP contribution in [0.15, 0.2) is 0 Å². The third kappa shape index (κ3) is 7.64. The van der Waals surface area contributed by atoms with Gasteiger partial charge in [-0.25, -0.2) is 0 Å². The summed E-state index contributed by atoms with van der Waals surface area (Å²) in [4.78, 5) is 0. The van der Waals surface area contributed by atoms with E-state index in [1.165, 1.54) is 51.4 Å². The van der Waals surface area contributed by atoms with Crippen molar-refractivity contribution in [2.24, 2.45) is 35.5 Å². The van der Waals surface area contributed by atoms with Crippen LogP contribution in [0.4, 0.5) is 0 Å². The SMILES string of the molecule is CC1CC([N-]C2C(C)CCCC2C)C([N-]C2C(C)CCCC2C)CC1C.[Cl][Ti][Cl]. The summed E-state index contributed by atoms with van der Waals surface area (Å²) >= 11 is -0.556. The summed E-state index contributed by atoms with van der Waals surface area (Å²) in [6, 6.07) is 2.12. The molecule has 0 aromatic carbocycles. The summed E-state index contributed by atoms with van der Waals surface area (Å²) in [6.07, 6.45) is 10.8. The molecule has 8 unspecified atom stereocenters. The second kappa shape index (κ2) is 13.1. The first-order chi connectivity index (χ1) is 13.8. The van der Waals surface area contributed by atoms with Crippen molar-refractivity contribution < 1.29 is 17.0 Å². The summed E-state index contributed by atoms with van der Waals surface area (Å²) in [7, 11) is 9.78. The third-order valence-corrected chi connectivity index (χ3v) is 8.34. The molecule has 3 saturated carbocycles. The second-order valence-corrected chi connectivity index (χ2v) is 13.3. The van der Waals surface area contributed by atoms with E-state index < -0.39 is 17.0 Å². The van der Waals surface area contributed by atoms with Gasteiger partial charge >= 0.3 is 35.6 Å². The first-order valence-electron chi connectivity index (χ1n) is 12.1. The molecule has 0 saturated heterocycles. The van der Waals surface area contributed by atoms with Crippen LogP contribution in [0.2, 0.25) is 0 Å². The molecule has 0 bridgehead atoms. The summed E-state index contributed by atoms with van der Waals surface area (Å²) in [5.41, 5.74) is 0. The molecule has 0 aliphatic heterocycles. The fourth-order valence-electron chi connectivity index (χ4n) is 6.22. The Morgan fingerprint density at radius 3 is 1.10 bits per heavy atom. The van der Waals surface area contributed by atoms with E-state index in [1.807, 2.05) is 0 Å². The average molecular weight is 479 g/mol. The Labute approximate surface area is 198 Å². The average Bonchev–Trinajstić information content (AvgIpc) is 2.65.